The molecular weight excluding hydrogens is 568 g/mol. The van der Waals surface area contributed by atoms with Gasteiger partial charge in [0.15, 0.2) is 0 Å². The van der Waals surface area contributed by atoms with Gasteiger partial charge >= 0.3 is 6.09 Å². The topological polar surface area (TPSA) is 93.0 Å². The maximum absolute atomic E-state index is 14.3. The van der Waals surface area contributed by atoms with Crippen LogP contribution in [0, 0.1) is 12.8 Å². The Morgan fingerprint density at radius 1 is 1.12 bits per heavy atom. The molecule has 2 saturated heterocycles. The molecule has 228 valence electrons. The second-order valence-electron chi connectivity index (χ2n) is 12.8. The van der Waals surface area contributed by atoms with Crippen LogP contribution in [0.2, 0.25) is 5.02 Å². The Kier molecular flexibility index (Phi) is 8.08. The quantitative estimate of drug-likeness (QED) is 0.425. The number of rotatable bonds is 4. The molecule has 0 saturated carbocycles. The van der Waals surface area contributed by atoms with E-state index in [4.69, 9.17) is 26.1 Å². The molecule has 5 heterocycles. The van der Waals surface area contributed by atoms with Crippen LogP contribution in [-0.4, -0.2) is 85.6 Å². The summed E-state index contributed by atoms with van der Waals surface area (Å²) in [5.74, 6) is 0.964. The standard InChI is InChI=1S/C32H39ClN6O4/c1-21-15-36(20-35-21)16-22-9-11-38(17-22)30(40)26-18-37(12-13-39(26)31(41)43-32(2,3)4)29-25-8-7-24(33)14-27(25)42-19-23-6-5-10-34-28(23)29/h5-8,10,14-15,20,22,26,29H,9,11-13,16-19H2,1-4H3/t22-,26-,29-/m0/s1. The number of carbonyl (C=O) groups excluding carboxylic acids is 2. The van der Waals surface area contributed by atoms with E-state index in [0.717, 1.165) is 35.5 Å². The Morgan fingerprint density at radius 3 is 2.72 bits per heavy atom. The molecule has 2 aromatic heterocycles. The molecule has 0 radical (unpaired) electrons. The van der Waals surface area contributed by atoms with E-state index in [-0.39, 0.29) is 11.9 Å². The van der Waals surface area contributed by atoms with Gasteiger partial charge in [-0.05, 0) is 58.2 Å². The molecular formula is C32H39ClN6O4. The van der Waals surface area contributed by atoms with Gasteiger partial charge in [-0.15, -0.1) is 0 Å². The Hall–Kier alpha value is -3.63. The van der Waals surface area contributed by atoms with Gasteiger partial charge in [-0.1, -0.05) is 23.7 Å². The third-order valence-electron chi connectivity index (χ3n) is 8.36. The van der Waals surface area contributed by atoms with Crippen molar-refractivity contribution in [1.82, 2.24) is 29.2 Å². The molecule has 0 bridgehead atoms. The largest absolute Gasteiger partial charge is 0.488 e. The predicted molar refractivity (Wildman–Crippen MR) is 162 cm³/mol. The third kappa shape index (κ3) is 6.35. The molecule has 3 aliphatic rings. The van der Waals surface area contributed by atoms with Gasteiger partial charge in [0.1, 0.15) is 24.0 Å². The van der Waals surface area contributed by atoms with Crippen LogP contribution in [-0.2, 0) is 22.7 Å². The zero-order valence-corrected chi connectivity index (χ0v) is 26.0. The molecule has 6 rings (SSSR count). The first kappa shape index (κ1) is 29.4. The van der Waals surface area contributed by atoms with Gasteiger partial charge in [0.2, 0.25) is 5.91 Å². The molecule has 11 heteroatoms. The van der Waals surface area contributed by atoms with Gasteiger partial charge in [0.25, 0.3) is 0 Å². The van der Waals surface area contributed by atoms with Gasteiger partial charge in [0.05, 0.1) is 23.8 Å². The van der Waals surface area contributed by atoms with Crippen molar-refractivity contribution in [2.45, 2.75) is 65.0 Å². The Morgan fingerprint density at radius 2 is 1.95 bits per heavy atom. The lowest BCUT2D eigenvalue weighted by Crippen LogP contribution is -2.62. The molecule has 0 N–H and O–H groups in total. The smallest absolute Gasteiger partial charge is 0.411 e. The van der Waals surface area contributed by atoms with Crippen LogP contribution in [0.15, 0.2) is 49.1 Å². The fourth-order valence-electron chi connectivity index (χ4n) is 6.40. The van der Waals surface area contributed by atoms with E-state index >= 15 is 0 Å². The zero-order valence-electron chi connectivity index (χ0n) is 25.2. The number of aromatic nitrogens is 3. The summed E-state index contributed by atoms with van der Waals surface area (Å²) in [5.41, 5.74) is 3.11. The van der Waals surface area contributed by atoms with Crippen LogP contribution in [0.25, 0.3) is 0 Å². The highest BCUT2D eigenvalue weighted by molar-refractivity contribution is 6.30. The lowest BCUT2D eigenvalue weighted by Gasteiger charge is -2.44. The summed E-state index contributed by atoms with van der Waals surface area (Å²) in [4.78, 5) is 42.7. The minimum Gasteiger partial charge on any atom is -0.488 e. The number of nitrogens with zero attached hydrogens (tertiary/aromatic N) is 6. The number of likely N-dealkylation sites (tertiary alicyclic amines) is 1. The Balaban J connectivity index is 1.29. The average Bonchev–Trinajstić information content (AvgIpc) is 3.56. The number of halogens is 1. The van der Waals surface area contributed by atoms with E-state index in [0.29, 0.717) is 56.0 Å². The van der Waals surface area contributed by atoms with Gasteiger partial charge in [-0.25, -0.2) is 9.78 Å². The number of imidazole rings is 1. The summed E-state index contributed by atoms with van der Waals surface area (Å²) in [6.07, 6.45) is 6.10. The Bertz CT molecular complexity index is 1500. The van der Waals surface area contributed by atoms with Crippen molar-refractivity contribution in [1.29, 1.82) is 0 Å². The van der Waals surface area contributed by atoms with E-state index in [1.165, 1.54) is 0 Å². The number of pyridine rings is 1. The van der Waals surface area contributed by atoms with Crippen LogP contribution in [0.5, 0.6) is 5.75 Å². The van der Waals surface area contributed by atoms with Gasteiger partial charge in [0, 0.05) is 67.8 Å². The molecule has 1 aromatic carbocycles. The van der Waals surface area contributed by atoms with E-state index < -0.39 is 17.7 Å². The molecule has 43 heavy (non-hydrogen) atoms. The molecule has 3 aliphatic heterocycles. The Labute approximate surface area is 257 Å². The first-order valence-electron chi connectivity index (χ1n) is 14.9. The number of aryl methyl sites for hydroxylation is 1. The number of piperazine rings is 1. The number of ether oxygens (including phenoxy) is 2. The summed E-state index contributed by atoms with van der Waals surface area (Å²) in [5, 5.41) is 0.591. The second kappa shape index (κ2) is 11.8. The van der Waals surface area contributed by atoms with Crippen molar-refractivity contribution in [2.24, 2.45) is 5.92 Å². The van der Waals surface area contributed by atoms with Crippen molar-refractivity contribution in [3.05, 3.63) is 76.6 Å². The van der Waals surface area contributed by atoms with Crippen molar-refractivity contribution in [3.63, 3.8) is 0 Å². The second-order valence-corrected chi connectivity index (χ2v) is 13.2. The maximum Gasteiger partial charge on any atom is 0.411 e. The monoisotopic (exact) mass is 606 g/mol. The summed E-state index contributed by atoms with van der Waals surface area (Å²) < 4.78 is 14.1. The molecule has 3 atom stereocenters. The lowest BCUT2D eigenvalue weighted by molar-refractivity contribution is -0.138. The SMILES string of the molecule is Cc1cn(C[C@@H]2CCN(C(=O)[C@@H]3CN([C@H]4c5ccc(Cl)cc5OCc5cccnc54)CCN3C(=O)OC(C)(C)C)C2)cn1. The number of benzene rings is 1. The van der Waals surface area contributed by atoms with Crippen molar-refractivity contribution in [2.75, 3.05) is 32.7 Å². The lowest BCUT2D eigenvalue weighted by atomic mass is 9.96. The molecule has 0 spiro atoms. The van der Waals surface area contributed by atoms with Crippen LogP contribution >= 0.6 is 11.6 Å². The average molecular weight is 607 g/mol. The van der Waals surface area contributed by atoms with Crippen molar-refractivity contribution in [3.8, 4) is 5.75 Å². The predicted octanol–water partition coefficient (Wildman–Crippen LogP) is 4.69. The number of hydrogen-bond acceptors (Lipinski definition) is 7. The van der Waals surface area contributed by atoms with Gasteiger partial charge < -0.3 is 18.9 Å². The molecule has 3 aromatic rings. The van der Waals surface area contributed by atoms with Gasteiger partial charge in [-0.3, -0.25) is 19.6 Å². The van der Waals surface area contributed by atoms with E-state index in [9.17, 15) is 9.59 Å². The zero-order chi connectivity index (χ0) is 30.3. The first-order chi connectivity index (χ1) is 20.6. The minimum absolute atomic E-state index is 0.0534. The number of hydrogen-bond donors (Lipinski definition) is 0. The normalized spacial score (nSPS) is 22.4. The molecule has 10 nitrogen and oxygen atoms in total. The van der Waals surface area contributed by atoms with Crippen LogP contribution in [0.3, 0.4) is 0 Å². The fourth-order valence-corrected chi connectivity index (χ4v) is 6.56. The minimum atomic E-state index is -0.704. The third-order valence-corrected chi connectivity index (χ3v) is 8.59. The summed E-state index contributed by atoms with van der Waals surface area (Å²) in [6.45, 7) is 11.2. The number of carbonyl (C=O) groups is 2. The maximum atomic E-state index is 14.3. The van der Waals surface area contributed by atoms with Gasteiger partial charge in [-0.2, -0.15) is 0 Å². The van der Waals surface area contributed by atoms with Crippen LogP contribution in [0.4, 0.5) is 4.79 Å². The van der Waals surface area contributed by atoms with Crippen molar-refractivity contribution < 1.29 is 19.1 Å². The van der Waals surface area contributed by atoms with E-state index in [1.54, 1.807) is 11.1 Å². The molecule has 0 aliphatic carbocycles. The highest BCUT2D eigenvalue weighted by atomic mass is 35.5. The first-order valence-corrected chi connectivity index (χ1v) is 15.3. The molecule has 2 amide bonds. The van der Waals surface area contributed by atoms with E-state index in [1.807, 2.05) is 75.5 Å². The fraction of sp³-hybridized carbons (Fsp3) is 0.500. The summed E-state index contributed by atoms with van der Waals surface area (Å²) in [6, 6.07) is 8.63. The summed E-state index contributed by atoms with van der Waals surface area (Å²) in [7, 11) is 0. The molecule has 2 fully saturated rings. The number of amides is 2. The highest BCUT2D eigenvalue weighted by Crippen LogP contribution is 2.41. The van der Waals surface area contributed by atoms with Crippen LogP contribution in [0.1, 0.15) is 55.7 Å². The highest BCUT2D eigenvalue weighted by Gasteiger charge is 2.44. The van der Waals surface area contributed by atoms with E-state index in [2.05, 4.69) is 14.5 Å². The van der Waals surface area contributed by atoms with Crippen molar-refractivity contribution >= 4 is 23.6 Å². The summed E-state index contributed by atoms with van der Waals surface area (Å²) >= 11 is 6.36. The molecule has 0 unspecified atom stereocenters. The van der Waals surface area contributed by atoms with Crippen LogP contribution < -0.4 is 4.74 Å². The number of fused-ring (bicyclic) bond motifs is 2.